The van der Waals surface area contributed by atoms with Gasteiger partial charge in [-0.05, 0) is 43.6 Å². The van der Waals surface area contributed by atoms with Gasteiger partial charge >= 0.3 is 5.97 Å². The van der Waals surface area contributed by atoms with Crippen molar-refractivity contribution >= 4 is 39.6 Å². The van der Waals surface area contributed by atoms with E-state index in [0.717, 1.165) is 42.2 Å². The normalized spacial score (nSPS) is 13.7. The van der Waals surface area contributed by atoms with Gasteiger partial charge in [-0.25, -0.2) is 4.79 Å². The van der Waals surface area contributed by atoms with Crippen LogP contribution < -0.4 is 5.32 Å². The molecule has 1 N–H and O–H groups in total. The number of hydrogen-bond acceptors (Lipinski definition) is 4. The molecule has 2 aromatic rings. The van der Waals surface area contributed by atoms with Gasteiger partial charge in [0.25, 0.3) is 0 Å². The van der Waals surface area contributed by atoms with Crippen molar-refractivity contribution < 1.29 is 9.53 Å². The first-order valence-electron chi connectivity index (χ1n) is 8.57. The fraction of sp³-hybridized carbons (Fsp3) is 0.368. The molecule has 4 nitrogen and oxygen atoms in total. The Morgan fingerprint density at radius 2 is 2.00 bits per heavy atom. The van der Waals surface area contributed by atoms with E-state index in [1.54, 1.807) is 11.3 Å². The molecule has 132 valence electrons. The summed E-state index contributed by atoms with van der Waals surface area (Å²) in [4.78, 5) is 15.6. The molecule has 1 aliphatic rings. The van der Waals surface area contributed by atoms with E-state index in [9.17, 15) is 4.79 Å². The van der Waals surface area contributed by atoms with Crippen LogP contribution in [0.1, 0.15) is 40.6 Å². The number of esters is 1. The topological polar surface area (TPSA) is 41.6 Å². The quantitative estimate of drug-likeness (QED) is 0.624. The van der Waals surface area contributed by atoms with E-state index >= 15 is 0 Å². The molecular weight excluding hydrogens is 352 g/mol. The van der Waals surface area contributed by atoms with Crippen LogP contribution in [0.25, 0.3) is 0 Å². The summed E-state index contributed by atoms with van der Waals surface area (Å²) >= 11 is 7.08. The molecular formula is C19H22N2O2S2. The first-order valence-corrected chi connectivity index (χ1v) is 9.79. The van der Waals surface area contributed by atoms with E-state index in [1.165, 1.54) is 5.56 Å². The summed E-state index contributed by atoms with van der Waals surface area (Å²) in [6, 6.07) is 12.2. The lowest BCUT2D eigenvalue weighted by atomic mass is 10.1. The van der Waals surface area contributed by atoms with Gasteiger partial charge in [0.05, 0.1) is 12.2 Å². The molecule has 0 saturated carbocycles. The molecule has 3 rings (SSSR count). The molecule has 1 aromatic heterocycles. The molecule has 0 bridgehead atoms. The third kappa shape index (κ3) is 4.58. The lowest BCUT2D eigenvalue weighted by molar-refractivity contribution is 0.0528. The van der Waals surface area contributed by atoms with Gasteiger partial charge < -0.3 is 15.0 Å². The Morgan fingerprint density at radius 1 is 1.28 bits per heavy atom. The van der Waals surface area contributed by atoms with E-state index < -0.39 is 0 Å². The van der Waals surface area contributed by atoms with E-state index in [0.29, 0.717) is 17.3 Å². The highest BCUT2D eigenvalue weighted by atomic mass is 32.1. The van der Waals surface area contributed by atoms with Crippen molar-refractivity contribution in [1.82, 2.24) is 4.90 Å². The number of nitrogens with zero attached hydrogens (tertiary/aromatic N) is 1. The predicted molar refractivity (Wildman–Crippen MR) is 107 cm³/mol. The third-order valence-corrected chi connectivity index (χ3v) is 5.52. The summed E-state index contributed by atoms with van der Waals surface area (Å²) in [5, 5.41) is 4.74. The first kappa shape index (κ1) is 17.9. The Bertz CT molecular complexity index is 737. The summed E-state index contributed by atoms with van der Waals surface area (Å²) in [6.45, 7) is 4.13. The number of ether oxygens (including phenoxy) is 1. The minimum Gasteiger partial charge on any atom is -0.462 e. The molecule has 1 fully saturated rings. The van der Waals surface area contributed by atoms with Gasteiger partial charge in [-0.15, -0.1) is 11.3 Å². The maximum absolute atomic E-state index is 12.3. The van der Waals surface area contributed by atoms with Gasteiger partial charge in [-0.3, -0.25) is 0 Å². The average Bonchev–Trinajstić information content (AvgIpc) is 3.26. The van der Waals surface area contributed by atoms with E-state index in [4.69, 9.17) is 17.0 Å². The van der Waals surface area contributed by atoms with Crippen molar-refractivity contribution in [2.24, 2.45) is 0 Å². The fourth-order valence-corrected chi connectivity index (χ4v) is 4.30. The van der Waals surface area contributed by atoms with Gasteiger partial charge in [0.15, 0.2) is 5.11 Å². The van der Waals surface area contributed by atoms with Crippen LogP contribution in [0.15, 0.2) is 36.4 Å². The number of anilines is 1. The number of benzene rings is 1. The van der Waals surface area contributed by atoms with Crippen LogP contribution >= 0.6 is 23.6 Å². The van der Waals surface area contributed by atoms with Crippen molar-refractivity contribution in [3.8, 4) is 0 Å². The largest absolute Gasteiger partial charge is 0.462 e. The number of rotatable bonds is 5. The Labute approximate surface area is 157 Å². The molecule has 1 saturated heterocycles. The summed E-state index contributed by atoms with van der Waals surface area (Å²) in [6.07, 6.45) is 3.11. The van der Waals surface area contributed by atoms with Crippen molar-refractivity contribution in [2.45, 2.75) is 26.2 Å². The fourth-order valence-electron chi connectivity index (χ4n) is 2.88. The maximum atomic E-state index is 12.3. The van der Waals surface area contributed by atoms with Crippen LogP contribution in [0.2, 0.25) is 0 Å². The van der Waals surface area contributed by atoms with Gasteiger partial charge in [0.2, 0.25) is 0 Å². The Hall–Kier alpha value is -1.92. The Morgan fingerprint density at radius 3 is 2.68 bits per heavy atom. The first-order chi connectivity index (χ1) is 12.2. The zero-order chi connectivity index (χ0) is 17.6. The van der Waals surface area contributed by atoms with Crippen molar-refractivity contribution in [1.29, 1.82) is 0 Å². The molecule has 0 aliphatic carbocycles. The standard InChI is InChI=1S/C19H22N2O2S2/c1-2-23-18(22)16-13-15(12-14-8-4-3-5-9-14)25-17(16)20-19(24)21-10-6-7-11-21/h3-5,8-9,13H,2,6-7,10-12H2,1H3,(H,20,24). The van der Waals surface area contributed by atoms with Crippen LogP contribution in [0.4, 0.5) is 5.00 Å². The molecule has 0 atom stereocenters. The Kier molecular flexibility index (Phi) is 6.04. The van der Waals surface area contributed by atoms with Gasteiger partial charge in [0, 0.05) is 24.4 Å². The van der Waals surface area contributed by atoms with Crippen LogP contribution in [-0.4, -0.2) is 35.7 Å². The van der Waals surface area contributed by atoms with Gasteiger partial charge in [-0.2, -0.15) is 0 Å². The second-order valence-electron chi connectivity index (χ2n) is 5.96. The Balaban J connectivity index is 1.81. The number of nitrogens with one attached hydrogen (secondary N) is 1. The van der Waals surface area contributed by atoms with E-state index in [-0.39, 0.29) is 5.97 Å². The van der Waals surface area contributed by atoms with Gasteiger partial charge in [0.1, 0.15) is 5.00 Å². The molecule has 25 heavy (non-hydrogen) atoms. The molecule has 1 aliphatic heterocycles. The van der Waals surface area contributed by atoms with Crippen LogP contribution in [0.5, 0.6) is 0 Å². The minimum atomic E-state index is -0.301. The molecule has 1 aromatic carbocycles. The van der Waals surface area contributed by atoms with Crippen LogP contribution in [0, 0.1) is 0 Å². The molecule has 0 spiro atoms. The molecule has 6 heteroatoms. The van der Waals surface area contributed by atoms with E-state index in [2.05, 4.69) is 22.3 Å². The monoisotopic (exact) mass is 374 g/mol. The van der Waals surface area contributed by atoms with E-state index in [1.807, 2.05) is 31.2 Å². The highest BCUT2D eigenvalue weighted by Gasteiger charge is 2.21. The molecule has 0 amide bonds. The number of hydrogen-bond donors (Lipinski definition) is 1. The number of thiocarbonyl (C=S) groups is 1. The van der Waals surface area contributed by atoms with Crippen molar-refractivity contribution in [3.63, 3.8) is 0 Å². The van der Waals surface area contributed by atoms with Gasteiger partial charge in [-0.1, -0.05) is 30.3 Å². The predicted octanol–water partition coefficient (Wildman–Crippen LogP) is 4.31. The SMILES string of the molecule is CCOC(=O)c1cc(Cc2ccccc2)sc1NC(=S)N1CCCC1. The molecule has 0 unspecified atom stereocenters. The maximum Gasteiger partial charge on any atom is 0.341 e. The number of carbonyl (C=O) groups excluding carboxylic acids is 1. The lowest BCUT2D eigenvalue weighted by Crippen LogP contribution is -2.32. The summed E-state index contributed by atoms with van der Waals surface area (Å²) in [5.74, 6) is -0.301. The zero-order valence-electron chi connectivity index (χ0n) is 14.3. The van der Waals surface area contributed by atoms with Crippen molar-refractivity contribution in [2.75, 3.05) is 25.0 Å². The number of likely N-dealkylation sites (tertiary alicyclic amines) is 1. The average molecular weight is 375 g/mol. The smallest absolute Gasteiger partial charge is 0.341 e. The third-order valence-electron chi connectivity index (χ3n) is 4.11. The second-order valence-corrected chi connectivity index (χ2v) is 7.49. The lowest BCUT2D eigenvalue weighted by Gasteiger charge is -2.19. The summed E-state index contributed by atoms with van der Waals surface area (Å²) < 4.78 is 5.21. The zero-order valence-corrected chi connectivity index (χ0v) is 15.9. The summed E-state index contributed by atoms with van der Waals surface area (Å²) in [5.41, 5.74) is 1.78. The summed E-state index contributed by atoms with van der Waals surface area (Å²) in [7, 11) is 0. The highest BCUT2D eigenvalue weighted by Crippen LogP contribution is 2.31. The molecule has 0 radical (unpaired) electrons. The van der Waals surface area contributed by atoms with Crippen LogP contribution in [-0.2, 0) is 11.2 Å². The number of carbonyl (C=O) groups is 1. The number of thiophene rings is 1. The highest BCUT2D eigenvalue weighted by molar-refractivity contribution is 7.80. The van der Waals surface area contributed by atoms with Crippen LogP contribution in [0.3, 0.4) is 0 Å². The molecule has 2 heterocycles. The second kappa shape index (κ2) is 8.45. The van der Waals surface area contributed by atoms with Crippen molar-refractivity contribution in [3.05, 3.63) is 52.4 Å². The minimum absolute atomic E-state index is 0.301.